The molecule has 3 rings (SSSR count). The van der Waals surface area contributed by atoms with E-state index in [1.54, 1.807) is 13.8 Å². The molecule has 5 atom stereocenters. The fourth-order valence-electron chi connectivity index (χ4n) is 4.09. The summed E-state index contributed by atoms with van der Waals surface area (Å²) in [5.74, 6) is -0.558. The molecule has 0 aromatic carbocycles. The summed E-state index contributed by atoms with van der Waals surface area (Å²) in [6.45, 7) is 6.30. The maximum atomic E-state index is 12.8. The lowest BCUT2D eigenvalue weighted by Gasteiger charge is -2.33. The van der Waals surface area contributed by atoms with E-state index in [2.05, 4.69) is 6.92 Å². The van der Waals surface area contributed by atoms with Gasteiger partial charge in [-0.05, 0) is 20.3 Å². The minimum absolute atomic E-state index is 0.106. The van der Waals surface area contributed by atoms with Crippen molar-refractivity contribution in [3.05, 3.63) is 0 Å². The van der Waals surface area contributed by atoms with Crippen LogP contribution in [0, 0.1) is 5.92 Å². The fraction of sp³-hybridized carbons (Fsp3) is 0.929. The Morgan fingerprint density at radius 2 is 2.14 bits per heavy atom. The van der Waals surface area contributed by atoms with Crippen LogP contribution in [0.1, 0.15) is 33.6 Å². The van der Waals surface area contributed by atoms with Crippen molar-refractivity contribution in [3.63, 3.8) is 0 Å². The molecule has 3 saturated heterocycles. The third kappa shape index (κ3) is 2.11. The van der Waals surface area contributed by atoms with Crippen molar-refractivity contribution in [2.24, 2.45) is 5.92 Å². The van der Waals surface area contributed by atoms with Crippen LogP contribution in [0.4, 0.5) is 0 Å². The standard InChI is InChI=1S/C14H24N2O5S/c1-5-14-8-16-7-10(14)11(21-15(14)4)6-12(22(16,18)19)13(17)20-9(2)3/h9-12H,5-8H2,1-4H3/t10-,11+,12-,14-/m1/s1. The molecule has 0 aromatic rings. The van der Waals surface area contributed by atoms with Gasteiger partial charge >= 0.3 is 5.97 Å². The van der Waals surface area contributed by atoms with Gasteiger partial charge in [0.25, 0.3) is 0 Å². The van der Waals surface area contributed by atoms with E-state index < -0.39 is 21.2 Å². The number of carbonyl (C=O) groups is 1. The number of hydroxylamine groups is 2. The van der Waals surface area contributed by atoms with E-state index in [-0.39, 0.29) is 30.1 Å². The predicted molar refractivity (Wildman–Crippen MR) is 79.3 cm³/mol. The van der Waals surface area contributed by atoms with Gasteiger partial charge in [0.1, 0.15) is 0 Å². The number of hydrogen-bond acceptors (Lipinski definition) is 6. The van der Waals surface area contributed by atoms with Crippen LogP contribution in [0.3, 0.4) is 0 Å². The Bertz CT molecular complexity index is 578. The number of hydrogen-bond donors (Lipinski definition) is 0. The predicted octanol–water partition coefficient (Wildman–Crippen LogP) is 0.366. The van der Waals surface area contributed by atoms with E-state index in [9.17, 15) is 13.2 Å². The maximum absolute atomic E-state index is 12.8. The quantitative estimate of drug-likeness (QED) is 0.695. The Hall–Kier alpha value is -0.700. The molecule has 2 bridgehead atoms. The molecule has 0 radical (unpaired) electrons. The zero-order valence-corrected chi connectivity index (χ0v) is 14.3. The van der Waals surface area contributed by atoms with E-state index in [1.807, 2.05) is 12.1 Å². The molecule has 0 amide bonds. The molecule has 0 N–H and O–H groups in total. The van der Waals surface area contributed by atoms with Gasteiger partial charge < -0.3 is 4.74 Å². The van der Waals surface area contributed by atoms with E-state index >= 15 is 0 Å². The van der Waals surface area contributed by atoms with E-state index in [4.69, 9.17) is 9.57 Å². The molecular weight excluding hydrogens is 308 g/mol. The largest absolute Gasteiger partial charge is 0.462 e. The van der Waals surface area contributed by atoms with Gasteiger partial charge in [-0.25, -0.2) is 8.42 Å². The second kappa shape index (κ2) is 5.15. The van der Waals surface area contributed by atoms with Gasteiger partial charge in [-0.3, -0.25) is 9.63 Å². The number of likely N-dealkylation sites (N-methyl/N-ethyl adjacent to an activating group) is 1. The number of nitrogens with zero attached hydrogens (tertiary/aromatic N) is 2. The molecule has 3 heterocycles. The average Bonchev–Trinajstić information content (AvgIpc) is 2.89. The van der Waals surface area contributed by atoms with Gasteiger partial charge in [-0.2, -0.15) is 9.37 Å². The first-order valence-corrected chi connectivity index (χ1v) is 9.32. The van der Waals surface area contributed by atoms with E-state index in [0.29, 0.717) is 13.1 Å². The smallest absolute Gasteiger partial charge is 0.326 e. The molecule has 3 fully saturated rings. The summed E-state index contributed by atoms with van der Waals surface area (Å²) < 4.78 is 32.3. The minimum Gasteiger partial charge on any atom is -0.462 e. The van der Waals surface area contributed by atoms with Crippen molar-refractivity contribution in [1.82, 2.24) is 9.37 Å². The Morgan fingerprint density at radius 1 is 1.45 bits per heavy atom. The highest BCUT2D eigenvalue weighted by Gasteiger charge is 2.64. The highest BCUT2D eigenvalue weighted by molar-refractivity contribution is 7.90. The molecule has 0 spiro atoms. The Balaban J connectivity index is 1.96. The summed E-state index contributed by atoms with van der Waals surface area (Å²) in [7, 11) is -1.84. The van der Waals surface area contributed by atoms with Gasteiger partial charge in [-0.1, -0.05) is 6.92 Å². The van der Waals surface area contributed by atoms with Crippen LogP contribution in [0.25, 0.3) is 0 Å². The second-order valence-corrected chi connectivity index (χ2v) is 8.87. The lowest BCUT2D eigenvalue weighted by molar-refractivity contribution is -0.172. The van der Waals surface area contributed by atoms with Crippen LogP contribution in [0.5, 0.6) is 0 Å². The Kier molecular flexibility index (Phi) is 3.79. The van der Waals surface area contributed by atoms with Crippen molar-refractivity contribution in [3.8, 4) is 0 Å². The van der Waals surface area contributed by atoms with Crippen molar-refractivity contribution in [2.75, 3.05) is 20.1 Å². The maximum Gasteiger partial charge on any atom is 0.326 e. The first kappa shape index (κ1) is 16.2. The summed E-state index contributed by atoms with van der Waals surface area (Å²) in [6.07, 6.45) is 0.399. The molecule has 0 aliphatic carbocycles. The zero-order chi connectivity index (χ0) is 16.3. The SMILES string of the molecule is CC[C@@]12CN3C[C@@H]1[C@H](C[C@H](C(=O)OC(C)C)S3(=O)=O)ON2C. The molecule has 1 unspecified atom stereocenters. The lowest BCUT2D eigenvalue weighted by Crippen LogP contribution is -2.50. The van der Waals surface area contributed by atoms with Gasteiger partial charge in [-0.15, -0.1) is 0 Å². The van der Waals surface area contributed by atoms with Crippen LogP contribution >= 0.6 is 0 Å². The molecule has 126 valence electrons. The van der Waals surface area contributed by atoms with Crippen LogP contribution < -0.4 is 0 Å². The van der Waals surface area contributed by atoms with Crippen LogP contribution in [0.15, 0.2) is 0 Å². The Morgan fingerprint density at radius 3 is 2.73 bits per heavy atom. The highest BCUT2D eigenvalue weighted by Crippen LogP contribution is 2.49. The topological polar surface area (TPSA) is 76.1 Å². The number of rotatable bonds is 3. The average molecular weight is 332 g/mol. The normalized spacial score (nSPS) is 43.3. The number of sulfonamides is 1. The second-order valence-electron chi connectivity index (χ2n) is 6.75. The highest BCUT2D eigenvalue weighted by atomic mass is 32.2. The first-order valence-electron chi connectivity index (χ1n) is 7.82. The van der Waals surface area contributed by atoms with Crippen molar-refractivity contribution in [2.45, 2.75) is 56.6 Å². The summed E-state index contributed by atoms with van der Waals surface area (Å²) in [4.78, 5) is 18.2. The molecule has 0 saturated carbocycles. The summed E-state index contributed by atoms with van der Waals surface area (Å²) in [5.41, 5.74) is -0.273. The van der Waals surface area contributed by atoms with Gasteiger partial charge in [0.2, 0.25) is 10.0 Å². The third-order valence-corrected chi connectivity index (χ3v) is 7.40. The van der Waals surface area contributed by atoms with E-state index in [0.717, 1.165) is 6.42 Å². The molecule has 22 heavy (non-hydrogen) atoms. The van der Waals surface area contributed by atoms with Crippen LogP contribution in [-0.2, 0) is 24.4 Å². The lowest BCUT2D eigenvalue weighted by atomic mass is 9.81. The molecule has 8 heteroatoms. The number of ether oxygens (including phenoxy) is 1. The van der Waals surface area contributed by atoms with Crippen molar-refractivity contribution in [1.29, 1.82) is 0 Å². The van der Waals surface area contributed by atoms with Crippen molar-refractivity contribution < 1.29 is 22.8 Å². The fourth-order valence-corrected chi connectivity index (χ4v) is 5.95. The zero-order valence-electron chi connectivity index (χ0n) is 13.5. The third-order valence-electron chi connectivity index (χ3n) is 5.30. The van der Waals surface area contributed by atoms with Gasteiger partial charge in [0.05, 0.1) is 17.7 Å². The van der Waals surface area contributed by atoms with Gasteiger partial charge in [0.15, 0.2) is 5.25 Å². The minimum atomic E-state index is -3.70. The summed E-state index contributed by atoms with van der Waals surface area (Å²) in [5, 5.41) is 0.653. The van der Waals surface area contributed by atoms with E-state index in [1.165, 1.54) is 4.31 Å². The summed E-state index contributed by atoms with van der Waals surface area (Å²) >= 11 is 0. The summed E-state index contributed by atoms with van der Waals surface area (Å²) in [6, 6.07) is 0. The molecule has 7 nitrogen and oxygen atoms in total. The number of fused-ring (bicyclic) bond motifs is 1. The molecule has 0 aromatic heterocycles. The van der Waals surface area contributed by atoms with Crippen LogP contribution in [0.2, 0.25) is 0 Å². The van der Waals surface area contributed by atoms with Crippen molar-refractivity contribution >= 4 is 16.0 Å². The molecule has 3 aliphatic rings. The van der Waals surface area contributed by atoms with Crippen LogP contribution in [-0.4, -0.2) is 66.9 Å². The molecular formula is C14H24N2O5S. The Labute approximate surface area is 131 Å². The number of carbonyl (C=O) groups excluding carboxylic acids is 1. The number of esters is 1. The monoisotopic (exact) mass is 332 g/mol. The first-order chi connectivity index (χ1) is 10.2. The molecule has 3 aliphatic heterocycles. The van der Waals surface area contributed by atoms with Gasteiger partial charge in [0, 0.05) is 32.5 Å².